The first-order valence-electron chi connectivity index (χ1n) is 6.09. The zero-order valence-corrected chi connectivity index (χ0v) is 10.7. The molecule has 2 aromatic rings. The normalized spacial score (nSPS) is 10.0. The molecular formula is C14H14N4O2. The van der Waals surface area contributed by atoms with Crippen LogP contribution in [0.5, 0.6) is 0 Å². The summed E-state index contributed by atoms with van der Waals surface area (Å²) in [4.78, 5) is 31.2. The lowest BCUT2D eigenvalue weighted by Gasteiger charge is -2.04. The van der Waals surface area contributed by atoms with Crippen molar-refractivity contribution in [3.63, 3.8) is 0 Å². The van der Waals surface area contributed by atoms with Gasteiger partial charge in [-0.05, 0) is 36.2 Å². The van der Waals surface area contributed by atoms with Gasteiger partial charge in [-0.25, -0.2) is 9.97 Å². The molecule has 6 nitrogen and oxygen atoms in total. The van der Waals surface area contributed by atoms with E-state index in [1.165, 1.54) is 6.33 Å². The van der Waals surface area contributed by atoms with Gasteiger partial charge >= 0.3 is 0 Å². The van der Waals surface area contributed by atoms with Crippen LogP contribution in [0.3, 0.4) is 0 Å². The van der Waals surface area contributed by atoms with Crippen LogP contribution < -0.4 is 11.1 Å². The molecule has 1 heterocycles. The molecule has 2 rings (SSSR count). The number of hydrogen-bond donors (Lipinski definition) is 2. The van der Waals surface area contributed by atoms with Crippen molar-refractivity contribution in [1.82, 2.24) is 15.3 Å². The highest BCUT2D eigenvalue weighted by atomic mass is 16.2. The minimum atomic E-state index is -0.431. The first-order valence-corrected chi connectivity index (χ1v) is 6.09. The van der Waals surface area contributed by atoms with Gasteiger partial charge in [0.2, 0.25) is 5.91 Å². The van der Waals surface area contributed by atoms with Crippen LogP contribution in [0.25, 0.3) is 0 Å². The van der Waals surface area contributed by atoms with Crippen molar-refractivity contribution in [3.8, 4) is 0 Å². The molecule has 20 heavy (non-hydrogen) atoms. The molecule has 6 heteroatoms. The number of nitrogens with one attached hydrogen (secondary N) is 1. The van der Waals surface area contributed by atoms with E-state index in [-0.39, 0.29) is 12.3 Å². The monoisotopic (exact) mass is 270 g/mol. The van der Waals surface area contributed by atoms with Crippen molar-refractivity contribution in [2.45, 2.75) is 12.8 Å². The first kappa shape index (κ1) is 13.7. The molecule has 0 aliphatic heterocycles. The van der Waals surface area contributed by atoms with Gasteiger partial charge in [-0.3, -0.25) is 14.9 Å². The van der Waals surface area contributed by atoms with Gasteiger partial charge in [0.25, 0.3) is 5.91 Å². The van der Waals surface area contributed by atoms with Crippen LogP contribution in [0.1, 0.15) is 22.3 Å². The average Bonchev–Trinajstić information content (AvgIpc) is 2.47. The van der Waals surface area contributed by atoms with E-state index in [1.807, 2.05) is 0 Å². The lowest BCUT2D eigenvalue weighted by atomic mass is 10.1. The van der Waals surface area contributed by atoms with E-state index in [9.17, 15) is 9.59 Å². The summed E-state index contributed by atoms with van der Waals surface area (Å²) in [5.41, 5.74) is 7.34. The van der Waals surface area contributed by atoms with Crippen LogP contribution in [-0.4, -0.2) is 21.8 Å². The molecule has 0 aliphatic carbocycles. The van der Waals surface area contributed by atoms with E-state index >= 15 is 0 Å². The molecule has 1 aromatic carbocycles. The second-order valence-corrected chi connectivity index (χ2v) is 4.25. The first-order chi connectivity index (χ1) is 9.65. The number of nitrogen functional groups attached to an aromatic ring is 1. The van der Waals surface area contributed by atoms with Gasteiger partial charge in [0.1, 0.15) is 6.33 Å². The fourth-order valence-electron chi connectivity index (χ4n) is 1.61. The summed E-state index contributed by atoms with van der Waals surface area (Å²) in [6.45, 7) is 0. The Morgan fingerprint density at radius 1 is 1.10 bits per heavy atom. The zero-order chi connectivity index (χ0) is 14.4. The predicted octanol–water partition coefficient (Wildman–Crippen LogP) is 0.948. The molecule has 0 bridgehead atoms. The number of amides is 2. The molecule has 0 fully saturated rings. The topological polar surface area (TPSA) is 98.0 Å². The third kappa shape index (κ3) is 3.88. The molecule has 2 amide bonds. The number of nitrogens with zero attached hydrogens (tertiary/aromatic N) is 2. The van der Waals surface area contributed by atoms with Crippen LogP contribution in [-0.2, 0) is 11.2 Å². The molecule has 0 radical (unpaired) electrons. The van der Waals surface area contributed by atoms with E-state index in [0.717, 1.165) is 5.56 Å². The number of carbonyl (C=O) groups is 2. The Labute approximate surface area is 116 Å². The minimum Gasteiger partial charge on any atom is -0.399 e. The van der Waals surface area contributed by atoms with E-state index in [1.54, 1.807) is 36.7 Å². The van der Waals surface area contributed by atoms with Gasteiger partial charge in [0.15, 0.2) is 0 Å². The number of benzene rings is 1. The highest BCUT2D eigenvalue weighted by Crippen LogP contribution is 2.05. The zero-order valence-electron chi connectivity index (χ0n) is 10.7. The maximum absolute atomic E-state index is 11.8. The Bertz CT molecular complexity index is 596. The molecule has 3 N–H and O–H groups in total. The van der Waals surface area contributed by atoms with Gasteiger partial charge in [0.05, 0.1) is 0 Å². The van der Waals surface area contributed by atoms with Crippen molar-refractivity contribution in [2.75, 3.05) is 5.73 Å². The lowest BCUT2D eigenvalue weighted by Crippen LogP contribution is -2.30. The van der Waals surface area contributed by atoms with Gasteiger partial charge < -0.3 is 5.73 Å². The van der Waals surface area contributed by atoms with Crippen molar-refractivity contribution in [1.29, 1.82) is 0 Å². The summed E-state index contributed by atoms with van der Waals surface area (Å²) in [5, 5.41) is 2.33. The number of aryl methyl sites for hydroxylation is 1. The summed E-state index contributed by atoms with van der Waals surface area (Å²) in [6.07, 6.45) is 5.40. The molecule has 1 aromatic heterocycles. The average molecular weight is 270 g/mol. The van der Waals surface area contributed by atoms with Gasteiger partial charge in [-0.1, -0.05) is 0 Å². The third-order valence-corrected chi connectivity index (χ3v) is 2.68. The smallest absolute Gasteiger partial charge is 0.257 e. The number of hydrogen-bond acceptors (Lipinski definition) is 5. The van der Waals surface area contributed by atoms with E-state index < -0.39 is 5.91 Å². The number of anilines is 1. The van der Waals surface area contributed by atoms with Crippen molar-refractivity contribution < 1.29 is 9.59 Å². The maximum atomic E-state index is 11.8. The second-order valence-electron chi connectivity index (χ2n) is 4.25. The van der Waals surface area contributed by atoms with Crippen molar-refractivity contribution >= 4 is 17.5 Å². The van der Waals surface area contributed by atoms with Crippen LogP contribution >= 0.6 is 0 Å². The summed E-state index contributed by atoms with van der Waals surface area (Å²) < 4.78 is 0. The van der Waals surface area contributed by atoms with E-state index in [0.29, 0.717) is 17.7 Å². The maximum Gasteiger partial charge on any atom is 0.257 e. The van der Waals surface area contributed by atoms with Crippen LogP contribution in [0.4, 0.5) is 5.69 Å². The highest BCUT2D eigenvalue weighted by Gasteiger charge is 2.10. The largest absolute Gasteiger partial charge is 0.399 e. The van der Waals surface area contributed by atoms with Crippen molar-refractivity contribution in [3.05, 3.63) is 54.1 Å². The minimum absolute atomic E-state index is 0.202. The summed E-state index contributed by atoms with van der Waals surface area (Å²) in [7, 11) is 0. The van der Waals surface area contributed by atoms with Crippen molar-refractivity contribution in [2.24, 2.45) is 0 Å². The van der Waals surface area contributed by atoms with Gasteiger partial charge in [-0.2, -0.15) is 0 Å². The lowest BCUT2D eigenvalue weighted by molar-refractivity contribution is -0.120. The van der Waals surface area contributed by atoms with E-state index in [2.05, 4.69) is 15.3 Å². The molecule has 102 valence electrons. The molecule has 0 unspecified atom stereocenters. The molecule has 0 aliphatic rings. The molecule has 0 spiro atoms. The molecular weight excluding hydrogens is 256 g/mol. The number of carbonyl (C=O) groups excluding carboxylic acids is 2. The number of nitrogens with two attached hydrogens (primary N) is 1. The van der Waals surface area contributed by atoms with Crippen LogP contribution in [0, 0.1) is 0 Å². The Morgan fingerprint density at radius 2 is 1.75 bits per heavy atom. The highest BCUT2D eigenvalue weighted by molar-refractivity contribution is 6.04. The number of aromatic nitrogens is 2. The van der Waals surface area contributed by atoms with E-state index in [4.69, 9.17) is 5.73 Å². The fourth-order valence-corrected chi connectivity index (χ4v) is 1.61. The number of imide groups is 1. The third-order valence-electron chi connectivity index (χ3n) is 2.68. The van der Waals surface area contributed by atoms with Crippen LogP contribution in [0.15, 0.2) is 43.0 Å². The Balaban J connectivity index is 1.85. The molecule has 0 saturated carbocycles. The molecule has 0 atom stereocenters. The van der Waals surface area contributed by atoms with Gasteiger partial charge in [0, 0.05) is 30.1 Å². The molecule has 0 saturated heterocycles. The second kappa shape index (κ2) is 6.42. The SMILES string of the molecule is Nc1ccc(C(=O)NC(=O)CCc2cncnc2)cc1. The Morgan fingerprint density at radius 3 is 2.40 bits per heavy atom. The number of rotatable bonds is 4. The Hall–Kier alpha value is -2.76. The summed E-state index contributed by atoms with van der Waals surface area (Å²) in [5.74, 6) is -0.769. The fraction of sp³-hybridized carbons (Fsp3) is 0.143. The predicted molar refractivity (Wildman–Crippen MR) is 73.7 cm³/mol. The summed E-state index contributed by atoms with van der Waals surface area (Å²) >= 11 is 0. The Kier molecular flexibility index (Phi) is 4.39. The van der Waals surface area contributed by atoms with Crippen LogP contribution in [0.2, 0.25) is 0 Å². The quantitative estimate of drug-likeness (QED) is 0.806. The standard InChI is InChI=1S/C14H14N4O2/c15-12-4-2-11(3-5-12)14(20)18-13(19)6-1-10-7-16-9-17-8-10/h2-5,7-9H,1,6,15H2,(H,18,19,20). The van der Waals surface area contributed by atoms with Gasteiger partial charge in [-0.15, -0.1) is 0 Å². The summed E-state index contributed by atoms with van der Waals surface area (Å²) in [6, 6.07) is 6.37.